The van der Waals surface area contributed by atoms with Crippen molar-refractivity contribution in [3.05, 3.63) is 75.1 Å². The molecular formula is C24H24N6O4S2. The summed E-state index contributed by atoms with van der Waals surface area (Å²) < 4.78 is 9.04. The normalized spacial score (nSPS) is 11.8. The molecule has 4 rings (SSSR count). The van der Waals surface area contributed by atoms with Gasteiger partial charge in [0, 0.05) is 30.1 Å². The van der Waals surface area contributed by atoms with E-state index in [0.717, 1.165) is 27.3 Å². The second kappa shape index (κ2) is 11.2. The largest absolute Gasteiger partial charge is 0.395 e. The van der Waals surface area contributed by atoms with Gasteiger partial charge >= 0.3 is 0 Å². The number of fused-ring (bicyclic) bond motifs is 1. The number of primary amides is 1. The van der Waals surface area contributed by atoms with Crippen LogP contribution in [0, 0.1) is 0 Å². The van der Waals surface area contributed by atoms with Gasteiger partial charge in [-0.15, -0.1) is 11.3 Å². The van der Waals surface area contributed by atoms with Crippen LogP contribution < -0.4 is 16.8 Å². The molecule has 3 heterocycles. The number of hydrogen-bond acceptors (Lipinski definition) is 9. The van der Waals surface area contributed by atoms with Crippen molar-refractivity contribution in [2.24, 2.45) is 5.73 Å². The molecule has 1 atom stereocenters. The summed E-state index contributed by atoms with van der Waals surface area (Å²) in [5.74, 6) is -1.76. The van der Waals surface area contributed by atoms with Gasteiger partial charge in [0.1, 0.15) is 10.9 Å². The lowest BCUT2D eigenvalue weighted by atomic mass is 10.0. The van der Waals surface area contributed by atoms with Gasteiger partial charge in [-0.25, -0.2) is 0 Å². The van der Waals surface area contributed by atoms with Crippen molar-refractivity contribution in [3.63, 3.8) is 0 Å². The van der Waals surface area contributed by atoms with E-state index in [1.165, 1.54) is 23.3 Å². The van der Waals surface area contributed by atoms with Crippen LogP contribution in [-0.4, -0.2) is 52.2 Å². The van der Waals surface area contributed by atoms with Crippen LogP contribution in [-0.2, 0) is 16.1 Å². The van der Waals surface area contributed by atoms with Gasteiger partial charge in [0.15, 0.2) is 5.69 Å². The second-order valence-electron chi connectivity index (χ2n) is 7.79. The van der Waals surface area contributed by atoms with Gasteiger partial charge in [0.2, 0.25) is 5.91 Å². The van der Waals surface area contributed by atoms with E-state index in [2.05, 4.69) is 14.7 Å². The van der Waals surface area contributed by atoms with Gasteiger partial charge in [-0.2, -0.15) is 4.37 Å². The van der Waals surface area contributed by atoms with E-state index in [1.54, 1.807) is 24.4 Å². The van der Waals surface area contributed by atoms with E-state index >= 15 is 0 Å². The molecule has 3 amide bonds. The lowest BCUT2D eigenvalue weighted by molar-refractivity contribution is -0.126. The summed E-state index contributed by atoms with van der Waals surface area (Å²) in [7, 11) is 1.54. The second-order valence-corrected chi connectivity index (χ2v) is 9.60. The van der Waals surface area contributed by atoms with E-state index in [0.29, 0.717) is 12.2 Å². The topological polar surface area (TPSA) is 154 Å². The lowest BCUT2D eigenvalue weighted by Gasteiger charge is -2.31. The predicted molar refractivity (Wildman–Crippen MR) is 139 cm³/mol. The molecule has 0 saturated carbocycles. The number of rotatable bonds is 10. The third-order valence-corrected chi connectivity index (χ3v) is 7.14. The van der Waals surface area contributed by atoms with E-state index in [-0.39, 0.29) is 29.3 Å². The molecule has 5 N–H and O–H groups in total. The Morgan fingerprint density at radius 3 is 2.72 bits per heavy atom. The van der Waals surface area contributed by atoms with Gasteiger partial charge in [-0.3, -0.25) is 19.4 Å². The molecule has 1 unspecified atom stereocenters. The minimum Gasteiger partial charge on any atom is -0.395 e. The number of benzene rings is 1. The Morgan fingerprint density at radius 1 is 1.19 bits per heavy atom. The van der Waals surface area contributed by atoms with E-state index in [9.17, 15) is 14.4 Å². The molecule has 4 aromatic rings. The van der Waals surface area contributed by atoms with Crippen LogP contribution in [0.1, 0.15) is 36.6 Å². The van der Waals surface area contributed by atoms with Crippen LogP contribution in [0.2, 0.25) is 0 Å². The number of nitrogens with zero attached hydrogens (tertiary/aromatic N) is 3. The zero-order chi connectivity index (χ0) is 25.7. The van der Waals surface area contributed by atoms with Crippen molar-refractivity contribution in [1.82, 2.24) is 19.6 Å². The first-order chi connectivity index (χ1) is 17.4. The number of methoxy groups -OCH3 is 1. The van der Waals surface area contributed by atoms with Crippen LogP contribution in [0.3, 0.4) is 0 Å². The summed E-state index contributed by atoms with van der Waals surface area (Å²) >= 11 is 2.23. The zero-order valence-corrected chi connectivity index (χ0v) is 21.0. The lowest BCUT2D eigenvalue weighted by Crippen LogP contribution is -2.44. The third kappa shape index (κ3) is 5.35. The average Bonchev–Trinajstić information content (AvgIpc) is 3.53. The Labute approximate surface area is 215 Å². The fourth-order valence-corrected chi connectivity index (χ4v) is 5.18. The summed E-state index contributed by atoms with van der Waals surface area (Å²) in [6.45, 7) is 0.701. The summed E-state index contributed by atoms with van der Waals surface area (Å²) in [6.07, 6.45) is 1.69. The van der Waals surface area contributed by atoms with Crippen molar-refractivity contribution in [3.8, 4) is 0 Å². The number of pyridine rings is 1. The summed E-state index contributed by atoms with van der Waals surface area (Å²) in [6, 6.07) is 11.8. The van der Waals surface area contributed by atoms with Crippen LogP contribution in [0.25, 0.3) is 10.9 Å². The Balaban J connectivity index is 1.82. The number of carbonyl (C=O) groups excluding carboxylic acids is 3. The maximum absolute atomic E-state index is 13.9. The quantitative estimate of drug-likeness (QED) is 0.269. The number of carbonyl (C=O) groups is 3. The molecule has 186 valence electrons. The van der Waals surface area contributed by atoms with Gasteiger partial charge in [0.05, 0.1) is 24.4 Å². The molecule has 10 nitrogen and oxygen atoms in total. The van der Waals surface area contributed by atoms with Gasteiger partial charge in [-0.1, -0.05) is 18.2 Å². The first kappa shape index (κ1) is 25.2. The van der Waals surface area contributed by atoms with Crippen molar-refractivity contribution < 1.29 is 19.1 Å². The molecule has 0 bridgehead atoms. The Morgan fingerprint density at radius 2 is 2.03 bits per heavy atom. The first-order valence-electron chi connectivity index (χ1n) is 10.9. The average molecular weight is 525 g/mol. The molecule has 1 aromatic carbocycles. The van der Waals surface area contributed by atoms with Gasteiger partial charge in [-0.05, 0) is 46.7 Å². The van der Waals surface area contributed by atoms with Crippen LogP contribution in [0.5, 0.6) is 0 Å². The van der Waals surface area contributed by atoms with Gasteiger partial charge in [0.25, 0.3) is 11.8 Å². The molecule has 0 aliphatic rings. The standard InChI is InChI=1S/C24H24N6O4S2/c1-34-10-9-28-23(32)20(15-6-7-17-14(12-15)4-2-8-27-17)30(13-16-5-3-11-35-16)24(33)21-18(25)19(22(26)31)29-36-21/h2-8,11-12,20H,9-10,13,25H2,1H3,(H2,26,31)(H,28,32). The number of nitrogen functional groups attached to an aromatic ring is 1. The molecule has 0 aliphatic heterocycles. The predicted octanol–water partition coefficient (Wildman–Crippen LogP) is 2.58. The van der Waals surface area contributed by atoms with Crippen LogP contribution >= 0.6 is 22.9 Å². The molecule has 0 spiro atoms. The van der Waals surface area contributed by atoms with E-state index in [4.69, 9.17) is 16.2 Å². The number of nitrogens with one attached hydrogen (secondary N) is 1. The monoisotopic (exact) mass is 524 g/mol. The Bertz CT molecular complexity index is 1390. The molecule has 12 heteroatoms. The third-order valence-electron chi connectivity index (χ3n) is 5.43. The van der Waals surface area contributed by atoms with Crippen molar-refractivity contribution in [2.75, 3.05) is 26.0 Å². The summed E-state index contributed by atoms with van der Waals surface area (Å²) in [5.41, 5.74) is 12.5. The zero-order valence-electron chi connectivity index (χ0n) is 19.3. The number of thiophene rings is 1. The highest BCUT2D eigenvalue weighted by atomic mass is 32.1. The number of anilines is 1. The smallest absolute Gasteiger partial charge is 0.270 e. The number of hydrogen-bond donors (Lipinski definition) is 3. The number of amides is 3. The highest BCUT2D eigenvalue weighted by Gasteiger charge is 2.35. The Kier molecular flexibility index (Phi) is 7.88. The maximum atomic E-state index is 13.9. The maximum Gasteiger partial charge on any atom is 0.270 e. The minimum absolute atomic E-state index is 0.0394. The van der Waals surface area contributed by atoms with Crippen molar-refractivity contribution in [1.29, 1.82) is 0 Å². The van der Waals surface area contributed by atoms with Crippen LogP contribution in [0.15, 0.2) is 54.0 Å². The SMILES string of the molecule is COCCNC(=O)C(c1ccc2ncccc2c1)N(Cc1cccs1)C(=O)c1snc(C(N)=O)c1N. The van der Waals surface area contributed by atoms with E-state index < -0.39 is 23.8 Å². The van der Waals surface area contributed by atoms with Crippen LogP contribution in [0.4, 0.5) is 5.69 Å². The molecular weight excluding hydrogens is 500 g/mol. The molecule has 3 aromatic heterocycles. The summed E-state index contributed by atoms with van der Waals surface area (Å²) in [5, 5.41) is 5.56. The number of aromatic nitrogens is 2. The summed E-state index contributed by atoms with van der Waals surface area (Å²) in [4.78, 5) is 45.8. The van der Waals surface area contributed by atoms with Crippen molar-refractivity contribution in [2.45, 2.75) is 12.6 Å². The molecule has 0 aliphatic carbocycles. The molecule has 0 fully saturated rings. The molecule has 0 saturated heterocycles. The van der Waals surface area contributed by atoms with Crippen molar-refractivity contribution >= 4 is 57.2 Å². The number of nitrogens with two attached hydrogens (primary N) is 2. The Hall–Kier alpha value is -3.87. The van der Waals surface area contributed by atoms with E-state index in [1.807, 2.05) is 29.6 Å². The molecule has 36 heavy (non-hydrogen) atoms. The van der Waals surface area contributed by atoms with Gasteiger partial charge < -0.3 is 26.4 Å². The number of ether oxygens (including phenoxy) is 1. The first-order valence-corrected chi connectivity index (χ1v) is 12.6. The highest BCUT2D eigenvalue weighted by molar-refractivity contribution is 7.10. The molecule has 0 radical (unpaired) electrons. The minimum atomic E-state index is -1.01. The fourth-order valence-electron chi connectivity index (χ4n) is 3.72. The fraction of sp³-hybridized carbons (Fsp3) is 0.208. The highest BCUT2D eigenvalue weighted by Crippen LogP contribution is 2.32.